The average Bonchev–Trinajstić information content (AvgIpc) is 2.25. The highest BCUT2D eigenvalue weighted by Gasteiger charge is 2.31. The second-order valence-electron chi connectivity index (χ2n) is 5.32. The highest BCUT2D eigenvalue weighted by molar-refractivity contribution is 7.80. The Hall–Kier alpha value is 0.270. The molecule has 2 atom stereocenters. The van der Waals surface area contributed by atoms with Gasteiger partial charge in [0.05, 0.1) is 12.2 Å². The van der Waals surface area contributed by atoms with Gasteiger partial charge in [0.25, 0.3) is 0 Å². The number of hydrogen-bond donors (Lipinski definition) is 1. The summed E-state index contributed by atoms with van der Waals surface area (Å²) in [5.74, 6) is 0.986. The molecule has 1 aliphatic heterocycles. The van der Waals surface area contributed by atoms with E-state index < -0.39 is 0 Å². The molecule has 0 aliphatic carbocycles. The second-order valence-corrected chi connectivity index (χ2v) is 5.63. The standard InChI is InChI=1S/C13H27NOS/c1-5-13(6-2,10-16)9-14-7-11(3)15-12(4)8-14/h11-12,16H,5-10H2,1-4H3/t11-,12+. The lowest BCUT2D eigenvalue weighted by atomic mass is 9.83. The van der Waals surface area contributed by atoms with Crippen molar-refractivity contribution in [3.63, 3.8) is 0 Å². The molecule has 0 aromatic heterocycles. The van der Waals surface area contributed by atoms with Crippen molar-refractivity contribution < 1.29 is 4.74 Å². The molecule has 1 heterocycles. The van der Waals surface area contributed by atoms with Crippen LogP contribution in [0.1, 0.15) is 40.5 Å². The second kappa shape index (κ2) is 6.27. The number of thiol groups is 1. The molecule has 0 aromatic carbocycles. The molecule has 96 valence electrons. The first-order valence-corrected chi connectivity index (χ1v) is 7.17. The van der Waals surface area contributed by atoms with Gasteiger partial charge < -0.3 is 4.74 Å². The van der Waals surface area contributed by atoms with Gasteiger partial charge in [-0.1, -0.05) is 13.8 Å². The Morgan fingerprint density at radius 2 is 1.69 bits per heavy atom. The SMILES string of the molecule is CCC(CC)(CS)CN1C[C@@H](C)O[C@@H](C)C1. The van der Waals surface area contributed by atoms with Crippen molar-refractivity contribution in [3.8, 4) is 0 Å². The Bertz CT molecular complexity index is 188. The molecule has 1 saturated heterocycles. The van der Waals surface area contributed by atoms with Crippen molar-refractivity contribution in [2.24, 2.45) is 5.41 Å². The lowest BCUT2D eigenvalue weighted by molar-refractivity contribution is -0.0768. The van der Waals surface area contributed by atoms with Crippen LogP contribution in [-0.2, 0) is 4.74 Å². The summed E-state index contributed by atoms with van der Waals surface area (Å²) < 4.78 is 5.77. The number of morpholine rings is 1. The normalized spacial score (nSPS) is 28.3. The molecule has 0 N–H and O–H groups in total. The molecule has 0 amide bonds. The van der Waals surface area contributed by atoms with E-state index in [-0.39, 0.29) is 0 Å². The molecular formula is C13H27NOS. The van der Waals surface area contributed by atoms with E-state index in [1.54, 1.807) is 0 Å². The average molecular weight is 245 g/mol. The number of nitrogens with zero attached hydrogens (tertiary/aromatic N) is 1. The Morgan fingerprint density at radius 3 is 2.06 bits per heavy atom. The lowest BCUT2D eigenvalue weighted by Gasteiger charge is -2.41. The highest BCUT2D eigenvalue weighted by Crippen LogP contribution is 2.30. The molecule has 1 rings (SSSR count). The zero-order valence-electron chi connectivity index (χ0n) is 11.2. The molecule has 1 fully saturated rings. The minimum Gasteiger partial charge on any atom is -0.373 e. The van der Waals surface area contributed by atoms with E-state index in [1.807, 2.05) is 0 Å². The quantitative estimate of drug-likeness (QED) is 0.748. The fourth-order valence-corrected chi connectivity index (χ4v) is 3.18. The Balaban J connectivity index is 2.57. The number of ether oxygens (including phenoxy) is 1. The predicted octanol–water partition coefficient (Wildman–Crippen LogP) is 2.83. The maximum absolute atomic E-state index is 5.77. The van der Waals surface area contributed by atoms with E-state index in [4.69, 9.17) is 4.74 Å². The fourth-order valence-electron chi connectivity index (χ4n) is 2.64. The van der Waals surface area contributed by atoms with Crippen molar-refractivity contribution >= 4 is 12.6 Å². The monoisotopic (exact) mass is 245 g/mol. The summed E-state index contributed by atoms with van der Waals surface area (Å²) in [6.07, 6.45) is 3.17. The number of hydrogen-bond acceptors (Lipinski definition) is 3. The summed E-state index contributed by atoms with van der Waals surface area (Å²) in [7, 11) is 0. The largest absolute Gasteiger partial charge is 0.373 e. The molecule has 0 bridgehead atoms. The van der Waals surface area contributed by atoms with E-state index in [1.165, 1.54) is 19.4 Å². The van der Waals surface area contributed by atoms with Gasteiger partial charge in [0.1, 0.15) is 0 Å². The Morgan fingerprint density at radius 1 is 1.19 bits per heavy atom. The third kappa shape index (κ3) is 3.64. The van der Waals surface area contributed by atoms with Crippen LogP contribution in [0, 0.1) is 5.41 Å². The first-order valence-electron chi connectivity index (χ1n) is 6.54. The molecular weight excluding hydrogens is 218 g/mol. The summed E-state index contributed by atoms with van der Waals surface area (Å²) in [5.41, 5.74) is 0.389. The van der Waals surface area contributed by atoms with Crippen molar-refractivity contribution in [1.82, 2.24) is 4.90 Å². The minimum absolute atomic E-state index is 0.370. The van der Waals surface area contributed by atoms with Gasteiger partial charge in [-0.3, -0.25) is 4.90 Å². The topological polar surface area (TPSA) is 12.5 Å². The highest BCUT2D eigenvalue weighted by atomic mass is 32.1. The van der Waals surface area contributed by atoms with Crippen molar-refractivity contribution in [2.45, 2.75) is 52.7 Å². The van der Waals surface area contributed by atoms with Gasteiger partial charge in [0.15, 0.2) is 0 Å². The zero-order valence-corrected chi connectivity index (χ0v) is 12.1. The van der Waals surface area contributed by atoms with Crippen LogP contribution in [0.5, 0.6) is 0 Å². The smallest absolute Gasteiger partial charge is 0.0678 e. The molecule has 0 radical (unpaired) electrons. The van der Waals surface area contributed by atoms with E-state index in [0.29, 0.717) is 17.6 Å². The summed E-state index contributed by atoms with van der Waals surface area (Å²) in [6, 6.07) is 0. The summed E-state index contributed by atoms with van der Waals surface area (Å²) in [6.45, 7) is 12.2. The van der Waals surface area contributed by atoms with E-state index in [2.05, 4.69) is 45.2 Å². The molecule has 0 unspecified atom stereocenters. The van der Waals surface area contributed by atoms with Crippen LogP contribution in [-0.4, -0.2) is 42.5 Å². The van der Waals surface area contributed by atoms with Gasteiger partial charge in [-0.25, -0.2) is 0 Å². The van der Waals surface area contributed by atoms with Gasteiger partial charge in [0.2, 0.25) is 0 Å². The van der Waals surface area contributed by atoms with Crippen LogP contribution in [0.2, 0.25) is 0 Å². The van der Waals surface area contributed by atoms with E-state index in [0.717, 1.165) is 18.8 Å². The van der Waals surface area contributed by atoms with Crippen LogP contribution in [0.25, 0.3) is 0 Å². The molecule has 3 heteroatoms. The Labute approximate surface area is 106 Å². The lowest BCUT2D eigenvalue weighted by Crippen LogP contribution is -2.49. The van der Waals surface area contributed by atoms with Crippen molar-refractivity contribution in [1.29, 1.82) is 0 Å². The van der Waals surface area contributed by atoms with Crippen LogP contribution < -0.4 is 0 Å². The van der Waals surface area contributed by atoms with Gasteiger partial charge in [-0.05, 0) is 37.9 Å². The van der Waals surface area contributed by atoms with E-state index >= 15 is 0 Å². The fraction of sp³-hybridized carbons (Fsp3) is 1.00. The van der Waals surface area contributed by atoms with E-state index in [9.17, 15) is 0 Å². The predicted molar refractivity (Wildman–Crippen MR) is 73.3 cm³/mol. The molecule has 0 aromatic rings. The van der Waals surface area contributed by atoms with Crippen LogP contribution in [0.3, 0.4) is 0 Å². The van der Waals surface area contributed by atoms with Gasteiger partial charge in [0, 0.05) is 19.6 Å². The first-order chi connectivity index (χ1) is 7.55. The Kier molecular flexibility index (Phi) is 5.62. The van der Waals surface area contributed by atoms with Crippen molar-refractivity contribution in [3.05, 3.63) is 0 Å². The molecule has 16 heavy (non-hydrogen) atoms. The first kappa shape index (κ1) is 14.3. The van der Waals surface area contributed by atoms with Crippen molar-refractivity contribution in [2.75, 3.05) is 25.4 Å². The minimum atomic E-state index is 0.370. The molecule has 2 nitrogen and oxygen atoms in total. The summed E-state index contributed by atoms with van der Waals surface area (Å²) >= 11 is 4.55. The van der Waals surface area contributed by atoms with Gasteiger partial charge in [-0.15, -0.1) is 0 Å². The van der Waals surface area contributed by atoms with Crippen LogP contribution >= 0.6 is 12.6 Å². The summed E-state index contributed by atoms with van der Waals surface area (Å²) in [4.78, 5) is 2.56. The maximum Gasteiger partial charge on any atom is 0.0678 e. The third-order valence-electron chi connectivity index (χ3n) is 3.89. The van der Waals surface area contributed by atoms with Gasteiger partial charge in [-0.2, -0.15) is 12.6 Å². The molecule has 0 spiro atoms. The van der Waals surface area contributed by atoms with Crippen LogP contribution in [0.4, 0.5) is 0 Å². The zero-order chi connectivity index (χ0) is 12.2. The van der Waals surface area contributed by atoms with Gasteiger partial charge >= 0.3 is 0 Å². The van der Waals surface area contributed by atoms with Crippen LogP contribution in [0.15, 0.2) is 0 Å². The summed E-state index contributed by atoms with van der Waals surface area (Å²) in [5, 5.41) is 0. The maximum atomic E-state index is 5.77. The number of rotatable bonds is 5. The molecule has 1 aliphatic rings. The third-order valence-corrected chi connectivity index (χ3v) is 4.56. The molecule has 0 saturated carbocycles.